The van der Waals surface area contributed by atoms with Crippen molar-refractivity contribution in [1.82, 2.24) is 4.57 Å². The second kappa shape index (κ2) is 8.91. The molecule has 0 amide bonds. The fourth-order valence-corrected chi connectivity index (χ4v) is 5.16. The highest BCUT2D eigenvalue weighted by molar-refractivity contribution is 7.10. The minimum absolute atomic E-state index is 0.141. The summed E-state index contributed by atoms with van der Waals surface area (Å²) < 4.78 is 12.5. The normalized spacial score (nSPS) is 16.3. The van der Waals surface area contributed by atoms with Gasteiger partial charge in [-0.1, -0.05) is 47.7 Å². The molecule has 0 fully saturated rings. The predicted octanol–water partition coefficient (Wildman–Crippen LogP) is 2.49. The van der Waals surface area contributed by atoms with Crippen LogP contribution in [0.15, 0.2) is 68.9 Å². The lowest BCUT2D eigenvalue weighted by Crippen LogP contribution is -2.39. The van der Waals surface area contributed by atoms with E-state index in [0.29, 0.717) is 27.2 Å². The Morgan fingerprint density at radius 3 is 2.70 bits per heavy atom. The molecule has 0 aliphatic carbocycles. The van der Waals surface area contributed by atoms with Crippen LogP contribution in [0.4, 0.5) is 0 Å². The molecule has 0 saturated carbocycles. The van der Waals surface area contributed by atoms with Crippen molar-refractivity contribution < 1.29 is 14.3 Å². The summed E-state index contributed by atoms with van der Waals surface area (Å²) in [5.74, 6) is -0.482. The summed E-state index contributed by atoms with van der Waals surface area (Å²) in [6.45, 7) is 2.22. The summed E-state index contributed by atoms with van der Waals surface area (Å²) >= 11 is 2.82. The number of hydrogen-bond donors (Lipinski definition) is 0. The minimum Gasteiger partial charge on any atom is -0.460 e. The van der Waals surface area contributed by atoms with Gasteiger partial charge in [0, 0.05) is 12.0 Å². The van der Waals surface area contributed by atoms with Gasteiger partial charge in [0.2, 0.25) is 0 Å². The third-order valence-electron chi connectivity index (χ3n) is 4.67. The molecular formula is C22H20N2O4S2. The summed E-state index contributed by atoms with van der Waals surface area (Å²) in [5.41, 5.74) is 1.71. The van der Waals surface area contributed by atoms with Crippen LogP contribution in [-0.2, 0) is 14.3 Å². The molecule has 30 heavy (non-hydrogen) atoms. The highest BCUT2D eigenvalue weighted by atomic mass is 32.1. The lowest BCUT2D eigenvalue weighted by Gasteiger charge is -2.23. The number of benzene rings is 1. The van der Waals surface area contributed by atoms with E-state index in [-0.39, 0.29) is 12.2 Å². The van der Waals surface area contributed by atoms with E-state index < -0.39 is 12.0 Å². The quantitative estimate of drug-likeness (QED) is 0.436. The highest BCUT2D eigenvalue weighted by Crippen LogP contribution is 2.33. The Kier molecular flexibility index (Phi) is 6.08. The average molecular weight is 441 g/mol. The molecule has 6 nitrogen and oxygen atoms in total. The van der Waals surface area contributed by atoms with Gasteiger partial charge in [0.1, 0.15) is 12.6 Å². The second-order valence-corrected chi connectivity index (χ2v) is 8.62. The minimum atomic E-state index is -0.561. The number of carbonyl (C=O) groups excluding carboxylic acids is 1. The zero-order valence-electron chi connectivity index (χ0n) is 16.5. The van der Waals surface area contributed by atoms with Gasteiger partial charge >= 0.3 is 5.97 Å². The first-order valence-corrected chi connectivity index (χ1v) is 11.1. The third-order valence-corrected chi connectivity index (χ3v) is 6.58. The maximum absolute atomic E-state index is 13.4. The van der Waals surface area contributed by atoms with Crippen LogP contribution in [0.1, 0.15) is 23.4 Å². The summed E-state index contributed by atoms with van der Waals surface area (Å²) in [6.07, 6.45) is 1.85. The van der Waals surface area contributed by atoms with Crippen LogP contribution in [-0.4, -0.2) is 30.9 Å². The molecule has 0 spiro atoms. The number of thiazole rings is 1. The number of fused-ring (bicyclic) bond motifs is 1. The molecule has 0 radical (unpaired) electrons. The van der Waals surface area contributed by atoms with Crippen molar-refractivity contribution in [2.24, 2.45) is 4.99 Å². The molecule has 4 rings (SSSR count). The van der Waals surface area contributed by atoms with Crippen molar-refractivity contribution in [3.05, 3.63) is 89.2 Å². The molecule has 1 aromatic carbocycles. The molecule has 1 aliphatic rings. The monoisotopic (exact) mass is 440 g/mol. The Bertz CT molecular complexity index is 1250. The van der Waals surface area contributed by atoms with Crippen molar-refractivity contribution in [3.63, 3.8) is 0 Å². The van der Waals surface area contributed by atoms with Gasteiger partial charge in [0.05, 0.1) is 22.4 Å². The third kappa shape index (κ3) is 3.94. The van der Waals surface area contributed by atoms with E-state index in [1.807, 2.05) is 53.9 Å². The van der Waals surface area contributed by atoms with Crippen molar-refractivity contribution in [1.29, 1.82) is 0 Å². The number of ether oxygens (including phenoxy) is 2. The first-order valence-electron chi connectivity index (χ1n) is 9.37. The Balaban J connectivity index is 1.86. The fraction of sp³-hybridized carbons (Fsp3) is 0.227. The molecule has 0 saturated heterocycles. The SMILES string of the molecule is COCCOC(=O)C1=C(C)N=c2s/c(=C/c3ccccc3)c(=O)n2C1c1cccs1. The lowest BCUT2D eigenvalue weighted by molar-refractivity contribution is -0.140. The Morgan fingerprint density at radius 2 is 2.00 bits per heavy atom. The molecule has 1 aliphatic heterocycles. The summed E-state index contributed by atoms with van der Waals surface area (Å²) in [6, 6.07) is 12.9. The van der Waals surface area contributed by atoms with Crippen molar-refractivity contribution in [3.8, 4) is 0 Å². The van der Waals surface area contributed by atoms with E-state index in [2.05, 4.69) is 4.99 Å². The van der Waals surface area contributed by atoms with E-state index in [1.54, 1.807) is 18.6 Å². The van der Waals surface area contributed by atoms with Gasteiger partial charge in [-0.3, -0.25) is 9.36 Å². The van der Waals surface area contributed by atoms with Gasteiger partial charge in [-0.25, -0.2) is 9.79 Å². The number of esters is 1. The molecule has 3 aromatic rings. The second-order valence-electron chi connectivity index (χ2n) is 6.64. The average Bonchev–Trinajstić information content (AvgIpc) is 3.37. The molecule has 0 N–H and O–H groups in total. The smallest absolute Gasteiger partial charge is 0.338 e. The summed E-state index contributed by atoms with van der Waals surface area (Å²) in [5, 5.41) is 1.93. The Labute approximate surface area is 181 Å². The number of aromatic nitrogens is 1. The zero-order chi connectivity index (χ0) is 21.1. The van der Waals surface area contributed by atoms with Crippen molar-refractivity contribution in [2.45, 2.75) is 13.0 Å². The molecular weight excluding hydrogens is 420 g/mol. The number of hydrogen-bond acceptors (Lipinski definition) is 7. The summed E-state index contributed by atoms with van der Waals surface area (Å²) in [4.78, 5) is 32.3. The molecule has 8 heteroatoms. The van der Waals surface area contributed by atoms with Gasteiger partial charge in [-0.2, -0.15) is 0 Å². The first kappa shape index (κ1) is 20.5. The van der Waals surface area contributed by atoms with Crippen LogP contribution in [0, 0.1) is 0 Å². The fourth-order valence-electron chi connectivity index (χ4n) is 3.29. The highest BCUT2D eigenvalue weighted by Gasteiger charge is 2.33. The maximum Gasteiger partial charge on any atom is 0.338 e. The molecule has 154 valence electrons. The largest absolute Gasteiger partial charge is 0.460 e. The van der Waals surface area contributed by atoms with Crippen LogP contribution in [0.25, 0.3) is 6.08 Å². The number of rotatable bonds is 6. The van der Waals surface area contributed by atoms with E-state index in [9.17, 15) is 9.59 Å². The van der Waals surface area contributed by atoms with Gasteiger partial charge in [-0.05, 0) is 30.0 Å². The van der Waals surface area contributed by atoms with Crippen LogP contribution in [0.3, 0.4) is 0 Å². The van der Waals surface area contributed by atoms with E-state index >= 15 is 0 Å². The lowest BCUT2D eigenvalue weighted by atomic mass is 10.0. The number of allylic oxidation sites excluding steroid dienone is 1. The van der Waals surface area contributed by atoms with Gasteiger partial charge in [0.25, 0.3) is 5.56 Å². The van der Waals surface area contributed by atoms with E-state index in [1.165, 1.54) is 22.7 Å². The topological polar surface area (TPSA) is 69.9 Å². The number of thiophene rings is 1. The standard InChI is InChI=1S/C22H20N2O4S2/c1-14-18(21(26)28-11-10-27-2)19(16-9-6-12-29-16)24-20(25)17(30-22(24)23-14)13-15-7-4-3-5-8-15/h3-9,12-13,19H,10-11H2,1-2H3/b17-13+. The molecule has 1 atom stereocenters. The van der Waals surface area contributed by atoms with Crippen molar-refractivity contribution >= 4 is 34.7 Å². The molecule has 0 bridgehead atoms. The maximum atomic E-state index is 13.4. The van der Waals surface area contributed by atoms with E-state index in [0.717, 1.165) is 10.4 Å². The van der Waals surface area contributed by atoms with Crippen LogP contribution in [0.5, 0.6) is 0 Å². The molecule has 3 heterocycles. The van der Waals surface area contributed by atoms with Gasteiger partial charge < -0.3 is 9.47 Å². The Morgan fingerprint density at radius 1 is 1.20 bits per heavy atom. The van der Waals surface area contributed by atoms with Gasteiger partial charge in [-0.15, -0.1) is 11.3 Å². The summed E-state index contributed by atoms with van der Waals surface area (Å²) in [7, 11) is 1.55. The van der Waals surface area contributed by atoms with Crippen LogP contribution >= 0.6 is 22.7 Å². The zero-order valence-corrected chi connectivity index (χ0v) is 18.2. The van der Waals surface area contributed by atoms with Gasteiger partial charge in [0.15, 0.2) is 4.80 Å². The predicted molar refractivity (Wildman–Crippen MR) is 117 cm³/mol. The van der Waals surface area contributed by atoms with Crippen LogP contribution in [0.2, 0.25) is 0 Å². The first-order chi connectivity index (χ1) is 14.6. The van der Waals surface area contributed by atoms with E-state index in [4.69, 9.17) is 9.47 Å². The van der Waals surface area contributed by atoms with Crippen LogP contribution < -0.4 is 14.9 Å². The number of carbonyl (C=O) groups is 1. The number of nitrogens with zero attached hydrogens (tertiary/aromatic N) is 2. The van der Waals surface area contributed by atoms with Crippen molar-refractivity contribution in [2.75, 3.05) is 20.3 Å². The number of methoxy groups -OCH3 is 1. The molecule has 1 unspecified atom stereocenters. The Hall–Kier alpha value is -2.81. The molecule has 2 aromatic heterocycles.